The van der Waals surface area contributed by atoms with E-state index >= 15 is 0 Å². The van der Waals surface area contributed by atoms with Crippen molar-refractivity contribution in [1.29, 1.82) is 0 Å². The number of halogens is 1. The van der Waals surface area contributed by atoms with E-state index in [0.29, 0.717) is 6.54 Å². The van der Waals surface area contributed by atoms with Crippen molar-refractivity contribution >= 4 is 39.0 Å². The second-order valence-corrected chi connectivity index (χ2v) is 6.20. The molecule has 0 atom stereocenters. The van der Waals surface area contributed by atoms with Gasteiger partial charge in [-0.3, -0.25) is 0 Å². The molecule has 0 aliphatic rings. The van der Waals surface area contributed by atoms with Gasteiger partial charge in [0.05, 0.1) is 6.54 Å². The van der Waals surface area contributed by atoms with Gasteiger partial charge >= 0.3 is 0 Å². The summed E-state index contributed by atoms with van der Waals surface area (Å²) in [7, 11) is 0. The first-order valence-electron chi connectivity index (χ1n) is 5.29. The van der Waals surface area contributed by atoms with Gasteiger partial charge in [0.25, 0.3) is 0 Å². The number of thiophene rings is 1. The maximum absolute atomic E-state index is 5.35. The van der Waals surface area contributed by atoms with E-state index in [1.165, 1.54) is 4.88 Å². The Morgan fingerprint density at radius 3 is 3.17 bits per heavy atom. The molecule has 0 spiro atoms. The Kier molecular flexibility index (Phi) is 5.26. The third-order valence-corrected chi connectivity index (χ3v) is 5.14. The van der Waals surface area contributed by atoms with Gasteiger partial charge in [-0.1, -0.05) is 23.6 Å². The van der Waals surface area contributed by atoms with Gasteiger partial charge in [0.1, 0.15) is 5.03 Å². The standard InChI is InChI=1S/C13H11BrN2S2/c14-12-4-2-6-16-13(12)18-9-11-7-10(8-17-11)3-1-5-15/h2,4,6-8H,5,9,15H2. The van der Waals surface area contributed by atoms with Crippen LogP contribution in [0.25, 0.3) is 0 Å². The van der Waals surface area contributed by atoms with Crippen molar-refractivity contribution in [3.8, 4) is 11.8 Å². The maximum atomic E-state index is 5.35. The lowest BCUT2D eigenvalue weighted by Gasteiger charge is -2.00. The highest BCUT2D eigenvalue weighted by Gasteiger charge is 2.03. The molecule has 2 rings (SSSR count). The molecule has 0 fully saturated rings. The van der Waals surface area contributed by atoms with Crippen LogP contribution in [0, 0.1) is 11.8 Å². The molecule has 2 aromatic rings. The number of nitrogens with two attached hydrogens (primary N) is 1. The van der Waals surface area contributed by atoms with E-state index in [0.717, 1.165) is 20.8 Å². The topological polar surface area (TPSA) is 38.9 Å². The summed E-state index contributed by atoms with van der Waals surface area (Å²) in [5.74, 6) is 6.80. The van der Waals surface area contributed by atoms with Gasteiger partial charge in [-0.2, -0.15) is 0 Å². The van der Waals surface area contributed by atoms with Crippen LogP contribution in [0.15, 0.2) is 39.3 Å². The van der Waals surface area contributed by atoms with Crippen molar-refractivity contribution < 1.29 is 0 Å². The van der Waals surface area contributed by atoms with Crippen LogP contribution in [0.4, 0.5) is 0 Å². The predicted octanol–water partition coefficient (Wildman–Crippen LogP) is 3.51. The van der Waals surface area contributed by atoms with E-state index in [1.807, 2.05) is 12.1 Å². The van der Waals surface area contributed by atoms with E-state index < -0.39 is 0 Å². The lowest BCUT2D eigenvalue weighted by molar-refractivity contribution is 1.11. The van der Waals surface area contributed by atoms with Crippen LogP contribution in [0.2, 0.25) is 0 Å². The highest BCUT2D eigenvalue weighted by molar-refractivity contribution is 9.10. The van der Waals surface area contributed by atoms with Crippen LogP contribution >= 0.6 is 39.0 Å². The Bertz CT molecular complexity index is 584. The normalized spacial score (nSPS) is 9.89. The van der Waals surface area contributed by atoms with Gasteiger partial charge in [0, 0.05) is 32.2 Å². The molecule has 0 saturated carbocycles. The second-order valence-electron chi connectivity index (χ2n) is 3.39. The Morgan fingerprint density at radius 1 is 1.50 bits per heavy atom. The summed E-state index contributed by atoms with van der Waals surface area (Å²) >= 11 is 6.93. The van der Waals surface area contributed by atoms with Crippen LogP contribution in [0.5, 0.6) is 0 Å². The van der Waals surface area contributed by atoms with E-state index in [1.54, 1.807) is 29.3 Å². The van der Waals surface area contributed by atoms with Crippen molar-refractivity contribution in [3.63, 3.8) is 0 Å². The fraction of sp³-hybridized carbons (Fsp3) is 0.154. The Labute approximate surface area is 123 Å². The molecule has 0 aliphatic carbocycles. The Balaban J connectivity index is 1.98. The number of thioether (sulfide) groups is 1. The first kappa shape index (κ1) is 13.6. The molecule has 2 heterocycles. The largest absolute Gasteiger partial charge is 0.320 e. The van der Waals surface area contributed by atoms with E-state index in [-0.39, 0.29) is 0 Å². The Morgan fingerprint density at radius 2 is 2.39 bits per heavy atom. The van der Waals surface area contributed by atoms with Crippen LogP contribution < -0.4 is 5.73 Å². The summed E-state index contributed by atoms with van der Waals surface area (Å²) in [6, 6.07) is 6.03. The van der Waals surface area contributed by atoms with Crippen molar-refractivity contribution in [2.24, 2.45) is 5.73 Å². The summed E-state index contributed by atoms with van der Waals surface area (Å²) in [5, 5.41) is 3.08. The minimum atomic E-state index is 0.404. The maximum Gasteiger partial charge on any atom is 0.111 e. The molecule has 18 heavy (non-hydrogen) atoms. The van der Waals surface area contributed by atoms with Crippen molar-refractivity contribution in [1.82, 2.24) is 4.98 Å². The fourth-order valence-electron chi connectivity index (χ4n) is 1.29. The quantitative estimate of drug-likeness (QED) is 0.687. The molecular weight excluding hydrogens is 328 g/mol. The fourth-order valence-corrected chi connectivity index (χ4v) is 3.64. The van der Waals surface area contributed by atoms with Gasteiger partial charge < -0.3 is 5.73 Å². The lowest BCUT2D eigenvalue weighted by atomic mass is 10.3. The van der Waals surface area contributed by atoms with Gasteiger partial charge in [0.2, 0.25) is 0 Å². The number of nitrogens with zero attached hydrogens (tertiary/aromatic N) is 1. The van der Waals surface area contributed by atoms with E-state index in [2.05, 4.69) is 44.2 Å². The molecule has 0 bridgehead atoms. The average molecular weight is 339 g/mol. The summed E-state index contributed by atoms with van der Waals surface area (Å²) in [6.45, 7) is 0.404. The lowest BCUT2D eigenvalue weighted by Crippen LogP contribution is -1.92. The molecule has 92 valence electrons. The summed E-state index contributed by atoms with van der Waals surface area (Å²) in [5.41, 5.74) is 6.39. The number of pyridine rings is 1. The molecular formula is C13H11BrN2S2. The highest BCUT2D eigenvalue weighted by Crippen LogP contribution is 2.29. The molecule has 0 aliphatic heterocycles. The number of rotatable bonds is 3. The van der Waals surface area contributed by atoms with Gasteiger partial charge in [-0.05, 0) is 34.1 Å². The minimum Gasteiger partial charge on any atom is -0.320 e. The Hall–Kier alpha value is -0.800. The molecule has 5 heteroatoms. The molecule has 2 N–H and O–H groups in total. The molecule has 0 unspecified atom stereocenters. The highest BCUT2D eigenvalue weighted by atomic mass is 79.9. The zero-order valence-electron chi connectivity index (χ0n) is 9.52. The average Bonchev–Trinajstić information content (AvgIpc) is 2.83. The molecule has 2 nitrogen and oxygen atoms in total. The van der Waals surface area contributed by atoms with Crippen molar-refractivity contribution in [2.75, 3.05) is 6.54 Å². The van der Waals surface area contributed by atoms with E-state index in [9.17, 15) is 0 Å². The van der Waals surface area contributed by atoms with Crippen molar-refractivity contribution in [2.45, 2.75) is 10.8 Å². The first-order chi connectivity index (χ1) is 8.79. The SMILES string of the molecule is NCC#Cc1csc(CSc2ncccc2Br)c1. The zero-order chi connectivity index (χ0) is 12.8. The van der Waals surface area contributed by atoms with Gasteiger partial charge in [0.15, 0.2) is 0 Å². The smallest absolute Gasteiger partial charge is 0.111 e. The van der Waals surface area contributed by atoms with Crippen LogP contribution in [-0.2, 0) is 5.75 Å². The molecule has 2 aromatic heterocycles. The van der Waals surface area contributed by atoms with Gasteiger partial charge in [-0.25, -0.2) is 4.98 Å². The summed E-state index contributed by atoms with van der Waals surface area (Å²) in [4.78, 5) is 5.62. The van der Waals surface area contributed by atoms with Crippen LogP contribution in [0.1, 0.15) is 10.4 Å². The number of aromatic nitrogens is 1. The van der Waals surface area contributed by atoms with Crippen LogP contribution in [0.3, 0.4) is 0 Å². The molecule has 0 radical (unpaired) electrons. The van der Waals surface area contributed by atoms with E-state index in [4.69, 9.17) is 5.73 Å². The second kappa shape index (κ2) is 6.95. The monoisotopic (exact) mass is 338 g/mol. The van der Waals surface area contributed by atoms with Gasteiger partial charge in [-0.15, -0.1) is 11.3 Å². The van der Waals surface area contributed by atoms with Crippen molar-refractivity contribution in [3.05, 3.63) is 44.7 Å². The number of hydrogen-bond acceptors (Lipinski definition) is 4. The molecule has 0 aromatic carbocycles. The third-order valence-electron chi connectivity index (χ3n) is 2.06. The first-order valence-corrected chi connectivity index (χ1v) is 7.95. The predicted molar refractivity (Wildman–Crippen MR) is 81.7 cm³/mol. The molecule has 0 amide bonds. The number of hydrogen-bond donors (Lipinski definition) is 1. The zero-order valence-corrected chi connectivity index (χ0v) is 12.7. The summed E-state index contributed by atoms with van der Waals surface area (Å²) < 4.78 is 1.04. The molecule has 0 saturated heterocycles. The minimum absolute atomic E-state index is 0.404. The third kappa shape index (κ3) is 3.85. The summed E-state index contributed by atoms with van der Waals surface area (Å²) in [6.07, 6.45) is 1.81. The van der Waals surface area contributed by atoms with Crippen LogP contribution in [-0.4, -0.2) is 11.5 Å².